The van der Waals surface area contributed by atoms with Gasteiger partial charge in [0.2, 0.25) is 0 Å². The van der Waals surface area contributed by atoms with Crippen LogP contribution in [0.25, 0.3) is 0 Å². The fraction of sp³-hybridized carbons (Fsp3) is 0.462. The van der Waals surface area contributed by atoms with E-state index >= 15 is 0 Å². The molecule has 0 amide bonds. The molecule has 86 valence electrons. The highest BCUT2D eigenvalue weighted by Gasteiger charge is 2.25. The summed E-state index contributed by atoms with van der Waals surface area (Å²) in [4.78, 5) is 13.1. The second-order valence-electron chi connectivity index (χ2n) is 4.18. The average molecular weight is 219 g/mol. The van der Waals surface area contributed by atoms with E-state index in [0.29, 0.717) is 18.2 Å². The van der Waals surface area contributed by atoms with Gasteiger partial charge in [-0.2, -0.15) is 0 Å². The number of para-hydroxylation sites is 1. The van der Waals surface area contributed by atoms with E-state index in [1.807, 2.05) is 24.3 Å². The zero-order valence-corrected chi connectivity index (χ0v) is 9.30. The Labute approximate surface area is 95.7 Å². The summed E-state index contributed by atoms with van der Waals surface area (Å²) in [5.41, 5.74) is 1.67. The summed E-state index contributed by atoms with van der Waals surface area (Å²) in [7, 11) is 0. The van der Waals surface area contributed by atoms with E-state index in [9.17, 15) is 4.79 Å². The summed E-state index contributed by atoms with van der Waals surface area (Å²) < 4.78 is 0. The van der Waals surface area contributed by atoms with Crippen LogP contribution in [0.4, 0.5) is 5.69 Å². The Balaban J connectivity index is 2.25. The van der Waals surface area contributed by atoms with Crippen LogP contribution in [-0.4, -0.2) is 30.6 Å². The van der Waals surface area contributed by atoms with E-state index in [0.717, 1.165) is 24.8 Å². The van der Waals surface area contributed by atoms with Gasteiger partial charge in [0.05, 0.1) is 6.61 Å². The topological polar surface area (TPSA) is 40.5 Å². The van der Waals surface area contributed by atoms with Crippen molar-refractivity contribution >= 4 is 12.0 Å². The molecule has 0 spiro atoms. The van der Waals surface area contributed by atoms with Crippen molar-refractivity contribution < 1.29 is 9.90 Å². The Bertz CT molecular complexity index is 361. The molecular formula is C13H17NO2. The highest BCUT2D eigenvalue weighted by atomic mass is 16.3. The smallest absolute Gasteiger partial charge is 0.152 e. The van der Waals surface area contributed by atoms with Crippen molar-refractivity contribution in [3.05, 3.63) is 29.8 Å². The highest BCUT2D eigenvalue weighted by Crippen LogP contribution is 2.30. The number of aliphatic hydroxyl groups excluding tert-OH is 1. The molecule has 0 radical (unpaired) electrons. The van der Waals surface area contributed by atoms with Crippen LogP contribution in [0.2, 0.25) is 0 Å². The number of hydrogen-bond acceptors (Lipinski definition) is 3. The lowest BCUT2D eigenvalue weighted by molar-refractivity contribution is 0.112. The van der Waals surface area contributed by atoms with E-state index in [4.69, 9.17) is 5.11 Å². The van der Waals surface area contributed by atoms with Crippen LogP contribution in [0.15, 0.2) is 24.3 Å². The maximum Gasteiger partial charge on any atom is 0.152 e. The zero-order valence-electron chi connectivity index (χ0n) is 9.30. The number of aliphatic hydroxyl groups is 1. The first-order valence-corrected chi connectivity index (χ1v) is 5.78. The predicted molar refractivity (Wildman–Crippen MR) is 63.9 cm³/mol. The molecule has 1 aromatic rings. The van der Waals surface area contributed by atoms with Gasteiger partial charge in [-0.3, -0.25) is 4.79 Å². The second-order valence-corrected chi connectivity index (χ2v) is 4.18. The van der Waals surface area contributed by atoms with Crippen LogP contribution in [0.5, 0.6) is 0 Å². The van der Waals surface area contributed by atoms with Crippen LogP contribution >= 0.6 is 0 Å². The third kappa shape index (κ3) is 2.09. The molecule has 0 bridgehead atoms. The molecule has 1 aromatic carbocycles. The molecule has 0 heterocycles. The van der Waals surface area contributed by atoms with Crippen molar-refractivity contribution in [1.82, 2.24) is 0 Å². The van der Waals surface area contributed by atoms with E-state index in [-0.39, 0.29) is 6.61 Å². The lowest BCUT2D eigenvalue weighted by atomic mass is 9.90. The molecular weight excluding hydrogens is 202 g/mol. The first-order valence-electron chi connectivity index (χ1n) is 5.78. The summed E-state index contributed by atoms with van der Waals surface area (Å²) >= 11 is 0. The lowest BCUT2D eigenvalue weighted by Crippen LogP contribution is -2.42. The van der Waals surface area contributed by atoms with Crippen LogP contribution in [0.1, 0.15) is 29.6 Å². The van der Waals surface area contributed by atoms with Gasteiger partial charge >= 0.3 is 0 Å². The molecule has 0 aliphatic heterocycles. The van der Waals surface area contributed by atoms with Crippen molar-refractivity contribution in [2.75, 3.05) is 18.1 Å². The molecule has 1 fully saturated rings. The Morgan fingerprint density at radius 3 is 2.69 bits per heavy atom. The number of nitrogens with zero attached hydrogens (tertiary/aromatic N) is 1. The van der Waals surface area contributed by atoms with E-state index < -0.39 is 0 Å². The largest absolute Gasteiger partial charge is 0.395 e. The van der Waals surface area contributed by atoms with Gasteiger partial charge in [-0.25, -0.2) is 0 Å². The molecule has 1 aliphatic rings. The first kappa shape index (κ1) is 11.1. The van der Waals surface area contributed by atoms with Gasteiger partial charge in [0.25, 0.3) is 0 Å². The lowest BCUT2D eigenvalue weighted by Gasteiger charge is -2.39. The second kappa shape index (κ2) is 5.12. The van der Waals surface area contributed by atoms with E-state index in [2.05, 4.69) is 4.90 Å². The normalized spacial score (nSPS) is 15.6. The van der Waals surface area contributed by atoms with Crippen LogP contribution in [0, 0.1) is 0 Å². The minimum absolute atomic E-state index is 0.129. The van der Waals surface area contributed by atoms with Crippen molar-refractivity contribution in [2.24, 2.45) is 0 Å². The van der Waals surface area contributed by atoms with Gasteiger partial charge < -0.3 is 10.0 Å². The first-order chi connectivity index (χ1) is 7.86. The van der Waals surface area contributed by atoms with Crippen molar-refractivity contribution in [3.63, 3.8) is 0 Å². The molecule has 1 saturated carbocycles. The minimum Gasteiger partial charge on any atom is -0.395 e. The number of benzene rings is 1. The third-order valence-corrected chi connectivity index (χ3v) is 3.23. The Hall–Kier alpha value is -1.35. The van der Waals surface area contributed by atoms with Gasteiger partial charge in [-0.1, -0.05) is 12.1 Å². The number of anilines is 1. The molecule has 16 heavy (non-hydrogen) atoms. The molecule has 3 nitrogen and oxygen atoms in total. The quantitative estimate of drug-likeness (QED) is 0.768. The number of aldehydes is 1. The highest BCUT2D eigenvalue weighted by molar-refractivity contribution is 5.84. The molecule has 2 rings (SSSR count). The molecule has 0 saturated heterocycles. The van der Waals surface area contributed by atoms with Crippen molar-refractivity contribution in [3.8, 4) is 0 Å². The maximum absolute atomic E-state index is 11.0. The van der Waals surface area contributed by atoms with Crippen molar-refractivity contribution in [1.29, 1.82) is 0 Å². The van der Waals surface area contributed by atoms with Crippen molar-refractivity contribution in [2.45, 2.75) is 25.3 Å². The maximum atomic E-state index is 11.0. The summed E-state index contributed by atoms with van der Waals surface area (Å²) in [5, 5.41) is 9.10. The SMILES string of the molecule is O=Cc1ccccc1N(CCO)C1CCC1. The number of carbonyl (C=O) groups excluding carboxylic acids is 1. The number of hydrogen-bond donors (Lipinski definition) is 1. The Morgan fingerprint density at radius 1 is 1.38 bits per heavy atom. The third-order valence-electron chi connectivity index (χ3n) is 3.23. The fourth-order valence-electron chi connectivity index (χ4n) is 2.15. The summed E-state index contributed by atoms with van der Waals surface area (Å²) in [6, 6.07) is 8.08. The van der Waals surface area contributed by atoms with Crippen LogP contribution in [0.3, 0.4) is 0 Å². The average Bonchev–Trinajstić information content (AvgIpc) is 2.26. The monoisotopic (exact) mass is 219 g/mol. The van der Waals surface area contributed by atoms with Gasteiger partial charge in [0.15, 0.2) is 6.29 Å². The van der Waals surface area contributed by atoms with Crippen LogP contribution in [-0.2, 0) is 0 Å². The summed E-state index contributed by atoms with van der Waals surface area (Å²) in [6.45, 7) is 0.735. The molecule has 1 N–H and O–H groups in total. The van der Waals surface area contributed by atoms with Gasteiger partial charge in [-0.15, -0.1) is 0 Å². The molecule has 0 aromatic heterocycles. The van der Waals surface area contributed by atoms with Gasteiger partial charge in [-0.05, 0) is 31.4 Å². The summed E-state index contributed by atoms with van der Waals surface area (Å²) in [5.74, 6) is 0. The molecule has 0 atom stereocenters. The molecule has 1 aliphatic carbocycles. The molecule has 0 unspecified atom stereocenters. The molecule has 3 heteroatoms. The van der Waals surface area contributed by atoms with E-state index in [1.54, 1.807) is 0 Å². The number of carbonyl (C=O) groups is 1. The van der Waals surface area contributed by atoms with Crippen LogP contribution < -0.4 is 4.90 Å². The zero-order chi connectivity index (χ0) is 11.4. The Kier molecular flexibility index (Phi) is 3.57. The summed E-state index contributed by atoms with van der Waals surface area (Å²) in [6.07, 6.45) is 4.45. The Morgan fingerprint density at radius 2 is 2.12 bits per heavy atom. The number of rotatable bonds is 5. The standard InChI is InChI=1S/C13H17NO2/c15-9-8-14(12-5-3-6-12)13-7-2-1-4-11(13)10-16/h1-2,4,7,10,12,15H,3,5-6,8-9H2. The van der Waals surface area contributed by atoms with Gasteiger partial charge in [0, 0.05) is 23.8 Å². The van der Waals surface area contributed by atoms with E-state index in [1.165, 1.54) is 6.42 Å². The van der Waals surface area contributed by atoms with Gasteiger partial charge in [0.1, 0.15) is 0 Å². The fourth-order valence-corrected chi connectivity index (χ4v) is 2.15. The minimum atomic E-state index is 0.129. The predicted octanol–water partition coefficient (Wildman–Crippen LogP) is 1.85.